The molecule has 0 bridgehead atoms. The average molecular weight is 365 g/mol. The normalized spacial score (nSPS) is 15.2. The maximum atomic E-state index is 12.2. The molecular formula is C18H21ClN2O4. The van der Waals surface area contributed by atoms with Crippen LogP contribution in [0.25, 0.3) is 0 Å². The highest BCUT2D eigenvalue weighted by Crippen LogP contribution is 2.36. The van der Waals surface area contributed by atoms with E-state index in [9.17, 15) is 9.90 Å². The van der Waals surface area contributed by atoms with E-state index in [1.54, 1.807) is 26.0 Å². The van der Waals surface area contributed by atoms with E-state index in [-0.39, 0.29) is 6.54 Å². The van der Waals surface area contributed by atoms with Gasteiger partial charge >= 0.3 is 6.03 Å². The van der Waals surface area contributed by atoms with Gasteiger partial charge in [0.2, 0.25) is 0 Å². The molecule has 0 saturated carbocycles. The molecule has 134 valence electrons. The number of halogens is 1. The fourth-order valence-corrected chi connectivity index (χ4v) is 3.28. The van der Waals surface area contributed by atoms with Crippen molar-refractivity contribution in [3.05, 3.63) is 45.9 Å². The van der Waals surface area contributed by atoms with Crippen LogP contribution >= 0.6 is 11.6 Å². The van der Waals surface area contributed by atoms with Gasteiger partial charge in [-0.15, -0.1) is 0 Å². The van der Waals surface area contributed by atoms with Crippen molar-refractivity contribution in [3.8, 4) is 5.75 Å². The summed E-state index contributed by atoms with van der Waals surface area (Å²) in [6, 6.07) is 4.81. The molecule has 1 atom stereocenters. The average Bonchev–Trinajstić information content (AvgIpc) is 3.11. The highest BCUT2D eigenvalue weighted by atomic mass is 35.5. The summed E-state index contributed by atoms with van der Waals surface area (Å²) in [6.45, 7) is 5.82. The first-order chi connectivity index (χ1) is 11.8. The maximum Gasteiger partial charge on any atom is 0.319 e. The number of nitrogens with one attached hydrogen (secondary N) is 2. The van der Waals surface area contributed by atoms with Gasteiger partial charge in [0.1, 0.15) is 22.9 Å². The molecule has 2 aromatic rings. The van der Waals surface area contributed by atoms with Gasteiger partial charge in [-0.05, 0) is 39.0 Å². The molecule has 0 spiro atoms. The number of hydrogen-bond donors (Lipinski definition) is 3. The molecule has 6 nitrogen and oxygen atoms in total. The van der Waals surface area contributed by atoms with Gasteiger partial charge < -0.3 is 24.9 Å². The van der Waals surface area contributed by atoms with Gasteiger partial charge in [0, 0.05) is 22.6 Å². The van der Waals surface area contributed by atoms with Crippen LogP contribution in [0.1, 0.15) is 29.6 Å². The molecule has 1 unspecified atom stereocenters. The van der Waals surface area contributed by atoms with Gasteiger partial charge in [0.05, 0.1) is 18.8 Å². The number of aliphatic hydroxyl groups is 1. The molecule has 3 N–H and O–H groups in total. The largest absolute Gasteiger partial charge is 0.491 e. The molecule has 25 heavy (non-hydrogen) atoms. The fourth-order valence-electron chi connectivity index (χ4n) is 3.04. The zero-order chi connectivity index (χ0) is 18.2. The second-order valence-electron chi connectivity index (χ2n) is 6.45. The molecule has 0 saturated heterocycles. The second-order valence-corrected chi connectivity index (χ2v) is 6.88. The van der Waals surface area contributed by atoms with Crippen LogP contribution in [-0.4, -0.2) is 24.3 Å². The van der Waals surface area contributed by atoms with Gasteiger partial charge in [-0.25, -0.2) is 4.79 Å². The molecule has 1 aliphatic rings. The van der Waals surface area contributed by atoms with Gasteiger partial charge in [-0.2, -0.15) is 0 Å². The smallest absolute Gasteiger partial charge is 0.319 e. The molecule has 1 aromatic carbocycles. The summed E-state index contributed by atoms with van der Waals surface area (Å²) < 4.78 is 11.0. The lowest BCUT2D eigenvalue weighted by Gasteiger charge is -2.23. The molecule has 1 aromatic heterocycles. The van der Waals surface area contributed by atoms with E-state index in [0.717, 1.165) is 12.0 Å². The van der Waals surface area contributed by atoms with E-state index in [1.165, 1.54) is 0 Å². The number of anilines is 1. The maximum absolute atomic E-state index is 12.2. The predicted molar refractivity (Wildman–Crippen MR) is 95.4 cm³/mol. The minimum Gasteiger partial charge on any atom is -0.491 e. The molecule has 2 heterocycles. The topological polar surface area (TPSA) is 83.7 Å². The Hall–Kier alpha value is -2.18. The second kappa shape index (κ2) is 6.61. The molecule has 0 radical (unpaired) electrons. The number of furan rings is 1. The van der Waals surface area contributed by atoms with Gasteiger partial charge in [0.15, 0.2) is 0 Å². The third-order valence-electron chi connectivity index (χ3n) is 4.21. The van der Waals surface area contributed by atoms with Crippen LogP contribution in [0.2, 0.25) is 5.02 Å². The van der Waals surface area contributed by atoms with Crippen LogP contribution in [0, 0.1) is 13.8 Å². The summed E-state index contributed by atoms with van der Waals surface area (Å²) >= 11 is 6.08. The number of fused-ring (bicyclic) bond motifs is 1. The first-order valence-electron chi connectivity index (χ1n) is 8.06. The number of carbonyl (C=O) groups is 1. The number of ether oxygens (including phenoxy) is 1. The van der Waals surface area contributed by atoms with Crippen molar-refractivity contribution in [3.63, 3.8) is 0 Å². The lowest BCUT2D eigenvalue weighted by atomic mass is 9.96. The van der Waals surface area contributed by atoms with E-state index in [2.05, 4.69) is 10.6 Å². The van der Waals surface area contributed by atoms with Crippen molar-refractivity contribution in [1.82, 2.24) is 5.32 Å². The molecular weight excluding hydrogens is 344 g/mol. The Balaban J connectivity index is 1.67. The van der Waals surface area contributed by atoms with Gasteiger partial charge in [-0.3, -0.25) is 0 Å². The van der Waals surface area contributed by atoms with E-state index >= 15 is 0 Å². The number of urea groups is 1. The molecule has 2 amide bonds. The van der Waals surface area contributed by atoms with Gasteiger partial charge in [-0.1, -0.05) is 11.6 Å². The fraction of sp³-hybridized carbons (Fsp3) is 0.389. The molecule has 1 aliphatic heterocycles. The van der Waals surface area contributed by atoms with Crippen molar-refractivity contribution in [1.29, 1.82) is 0 Å². The SMILES string of the molecule is Cc1cc(C(C)(O)CNC(=O)Nc2cc(Cl)cc3c2OCC3)c(C)o1. The molecule has 7 heteroatoms. The van der Waals surface area contributed by atoms with Crippen molar-refractivity contribution in [2.24, 2.45) is 0 Å². The Labute approximate surface area is 151 Å². The number of rotatable bonds is 4. The highest BCUT2D eigenvalue weighted by molar-refractivity contribution is 6.31. The van der Waals surface area contributed by atoms with Crippen molar-refractivity contribution >= 4 is 23.3 Å². The minimum atomic E-state index is -1.24. The minimum absolute atomic E-state index is 0.0300. The van der Waals surface area contributed by atoms with E-state index in [4.69, 9.17) is 20.8 Å². The van der Waals surface area contributed by atoms with E-state index in [1.807, 2.05) is 13.0 Å². The Morgan fingerprint density at radius 2 is 2.12 bits per heavy atom. The first-order valence-corrected chi connectivity index (χ1v) is 8.44. The summed E-state index contributed by atoms with van der Waals surface area (Å²) in [5.74, 6) is 1.99. The lowest BCUT2D eigenvalue weighted by molar-refractivity contribution is 0.0584. The molecule has 0 aliphatic carbocycles. The van der Waals surface area contributed by atoms with Gasteiger partial charge in [0.25, 0.3) is 0 Å². The van der Waals surface area contributed by atoms with Crippen LogP contribution < -0.4 is 15.4 Å². The zero-order valence-corrected chi connectivity index (χ0v) is 15.2. The summed E-state index contributed by atoms with van der Waals surface area (Å²) in [7, 11) is 0. The number of amides is 2. The van der Waals surface area contributed by atoms with Crippen LogP contribution in [0.5, 0.6) is 5.75 Å². The Morgan fingerprint density at radius 1 is 1.36 bits per heavy atom. The number of carbonyl (C=O) groups excluding carboxylic acids is 1. The number of benzene rings is 1. The monoisotopic (exact) mass is 364 g/mol. The van der Waals surface area contributed by atoms with E-state index < -0.39 is 11.6 Å². The lowest BCUT2D eigenvalue weighted by Crippen LogP contribution is -2.40. The van der Waals surface area contributed by atoms with Crippen LogP contribution in [0.15, 0.2) is 22.6 Å². The third kappa shape index (κ3) is 3.75. The predicted octanol–water partition coefficient (Wildman–Crippen LogP) is 3.51. The molecule has 0 fully saturated rings. The summed E-state index contributed by atoms with van der Waals surface area (Å²) in [4.78, 5) is 12.2. The number of aryl methyl sites for hydroxylation is 2. The Bertz CT molecular complexity index is 814. The van der Waals surface area contributed by atoms with Crippen LogP contribution in [0.3, 0.4) is 0 Å². The highest BCUT2D eigenvalue weighted by Gasteiger charge is 2.28. The first kappa shape index (κ1) is 17.6. The summed E-state index contributed by atoms with van der Waals surface area (Å²) in [6.07, 6.45) is 0.764. The van der Waals surface area contributed by atoms with Crippen molar-refractivity contribution in [2.75, 3.05) is 18.5 Å². The number of hydrogen-bond acceptors (Lipinski definition) is 4. The summed E-state index contributed by atoms with van der Waals surface area (Å²) in [5.41, 5.74) is 0.899. The Morgan fingerprint density at radius 3 is 2.80 bits per heavy atom. The molecule has 3 rings (SSSR count). The van der Waals surface area contributed by atoms with Crippen LogP contribution in [-0.2, 0) is 12.0 Å². The zero-order valence-electron chi connectivity index (χ0n) is 14.4. The van der Waals surface area contributed by atoms with Crippen LogP contribution in [0.4, 0.5) is 10.5 Å². The standard InChI is InChI=1S/C18H21ClN2O4/c1-10-6-14(11(2)25-10)18(3,23)9-20-17(22)21-15-8-13(19)7-12-4-5-24-16(12)15/h6-8,23H,4-5,9H2,1-3H3,(H2,20,21,22). The summed E-state index contributed by atoms with van der Waals surface area (Å²) in [5, 5.41) is 16.6. The Kier molecular flexibility index (Phi) is 4.67. The quantitative estimate of drug-likeness (QED) is 0.775. The third-order valence-corrected chi connectivity index (χ3v) is 4.43. The van der Waals surface area contributed by atoms with Crippen molar-refractivity contribution < 1.29 is 19.1 Å². The van der Waals surface area contributed by atoms with E-state index in [0.29, 0.717) is 40.2 Å². The van der Waals surface area contributed by atoms with Crippen molar-refractivity contribution in [2.45, 2.75) is 32.8 Å².